The van der Waals surface area contributed by atoms with E-state index in [4.69, 9.17) is 39.5 Å². The van der Waals surface area contributed by atoms with Crippen LogP contribution in [0.4, 0.5) is 0 Å². The van der Waals surface area contributed by atoms with Crippen molar-refractivity contribution in [3.63, 3.8) is 0 Å². The molecule has 1 nitrogen and oxygen atoms in total. The Morgan fingerprint density at radius 3 is 2.17 bits per heavy atom. The van der Waals surface area contributed by atoms with E-state index >= 15 is 0 Å². The average Bonchev–Trinajstić information content (AvgIpc) is 2.34. The first-order valence-corrected chi connectivity index (χ1v) is 6.46. The van der Waals surface area contributed by atoms with E-state index in [-0.39, 0.29) is 0 Å². The summed E-state index contributed by atoms with van der Waals surface area (Å²) in [7, 11) is 1.63. The van der Waals surface area contributed by atoms with Crippen LogP contribution in [-0.2, 0) is 0 Å². The van der Waals surface area contributed by atoms with Crippen molar-refractivity contribution in [2.24, 2.45) is 0 Å². The smallest absolute Gasteiger partial charge is 0.126 e. The molecule has 0 heterocycles. The van der Waals surface area contributed by atoms with Gasteiger partial charge in [-0.15, -0.1) is 0 Å². The molecular weight excluding hydrogens is 291 g/mol. The van der Waals surface area contributed by atoms with Gasteiger partial charge in [-0.2, -0.15) is 0 Å². The molecule has 0 amide bonds. The maximum Gasteiger partial charge on any atom is 0.126 e. The molecule has 0 saturated carbocycles. The molecule has 0 fully saturated rings. The van der Waals surface area contributed by atoms with Gasteiger partial charge in [0.15, 0.2) is 0 Å². The maximum absolute atomic E-state index is 6.21. The number of ether oxygens (including phenoxy) is 1. The summed E-state index contributed by atoms with van der Waals surface area (Å²) in [5.74, 6) is 0.760. The number of benzene rings is 2. The molecule has 0 radical (unpaired) electrons. The predicted molar refractivity (Wildman–Crippen MR) is 78.2 cm³/mol. The summed E-state index contributed by atoms with van der Waals surface area (Å²) in [6.07, 6.45) is 0. The molecule has 2 rings (SSSR count). The second-order valence-corrected chi connectivity index (χ2v) is 5.17. The quantitative estimate of drug-likeness (QED) is 0.653. The Labute approximate surface area is 121 Å². The van der Waals surface area contributed by atoms with Gasteiger partial charge in [0.25, 0.3) is 0 Å². The Morgan fingerprint density at radius 1 is 0.833 bits per heavy atom. The molecule has 0 unspecified atom stereocenters. The highest BCUT2D eigenvalue weighted by Gasteiger charge is 2.12. The molecule has 0 aliphatic rings. The SMILES string of the molecule is COc1cc(C)ccc1-c1cc(Cl)c(Cl)cc1Cl. The zero-order valence-corrected chi connectivity index (χ0v) is 12.2. The van der Waals surface area contributed by atoms with Gasteiger partial charge in [-0.25, -0.2) is 0 Å². The van der Waals surface area contributed by atoms with Gasteiger partial charge in [-0.3, -0.25) is 0 Å². The van der Waals surface area contributed by atoms with Crippen molar-refractivity contribution in [2.45, 2.75) is 6.92 Å². The van der Waals surface area contributed by atoms with Crippen LogP contribution >= 0.6 is 34.8 Å². The van der Waals surface area contributed by atoms with Crippen molar-refractivity contribution in [1.29, 1.82) is 0 Å². The molecule has 0 aliphatic heterocycles. The number of hydrogen-bond donors (Lipinski definition) is 0. The van der Waals surface area contributed by atoms with Gasteiger partial charge >= 0.3 is 0 Å². The van der Waals surface area contributed by atoms with Crippen LogP contribution in [0, 0.1) is 6.92 Å². The van der Waals surface area contributed by atoms with Crippen LogP contribution in [0.15, 0.2) is 30.3 Å². The van der Waals surface area contributed by atoms with E-state index in [1.54, 1.807) is 19.2 Å². The summed E-state index contributed by atoms with van der Waals surface area (Å²) >= 11 is 18.2. The Morgan fingerprint density at radius 2 is 1.50 bits per heavy atom. The molecule has 0 aromatic heterocycles. The third-order valence-corrected chi connectivity index (χ3v) is 3.69. The van der Waals surface area contributed by atoms with Crippen molar-refractivity contribution in [2.75, 3.05) is 7.11 Å². The highest BCUT2D eigenvalue weighted by Crippen LogP contribution is 2.39. The van der Waals surface area contributed by atoms with Crippen LogP contribution in [0.1, 0.15) is 5.56 Å². The molecule has 0 atom stereocenters. The van der Waals surface area contributed by atoms with E-state index in [0.717, 1.165) is 22.4 Å². The molecule has 0 bridgehead atoms. The third kappa shape index (κ3) is 2.59. The molecule has 94 valence electrons. The minimum Gasteiger partial charge on any atom is -0.496 e. The summed E-state index contributed by atoms with van der Waals surface area (Å²) in [5.41, 5.74) is 2.82. The fourth-order valence-corrected chi connectivity index (χ4v) is 2.40. The Balaban J connectivity index is 2.65. The number of rotatable bonds is 2. The van der Waals surface area contributed by atoms with Gasteiger partial charge in [-0.1, -0.05) is 46.9 Å². The lowest BCUT2D eigenvalue weighted by atomic mass is 10.0. The summed E-state index contributed by atoms with van der Waals surface area (Å²) < 4.78 is 5.37. The summed E-state index contributed by atoms with van der Waals surface area (Å²) in [4.78, 5) is 0. The number of methoxy groups -OCH3 is 1. The first-order chi connectivity index (χ1) is 8.52. The fourth-order valence-electron chi connectivity index (χ4n) is 1.75. The van der Waals surface area contributed by atoms with Crippen LogP contribution < -0.4 is 4.74 Å². The number of halogens is 3. The fraction of sp³-hybridized carbons (Fsp3) is 0.143. The predicted octanol–water partition coefficient (Wildman–Crippen LogP) is 5.63. The second-order valence-electron chi connectivity index (χ2n) is 3.95. The van der Waals surface area contributed by atoms with Gasteiger partial charge < -0.3 is 4.74 Å². The monoisotopic (exact) mass is 300 g/mol. The third-order valence-electron chi connectivity index (χ3n) is 2.66. The summed E-state index contributed by atoms with van der Waals surface area (Å²) in [6, 6.07) is 9.30. The lowest BCUT2D eigenvalue weighted by Crippen LogP contribution is -1.90. The minimum absolute atomic E-state index is 0.441. The minimum atomic E-state index is 0.441. The van der Waals surface area contributed by atoms with E-state index in [1.807, 2.05) is 25.1 Å². The van der Waals surface area contributed by atoms with E-state index in [9.17, 15) is 0 Å². The van der Waals surface area contributed by atoms with E-state index in [2.05, 4.69) is 0 Å². The Bertz CT molecular complexity index is 594. The molecule has 2 aromatic rings. The normalized spacial score (nSPS) is 10.5. The molecule has 0 spiro atoms. The van der Waals surface area contributed by atoms with Gasteiger partial charge in [0.1, 0.15) is 5.75 Å². The lowest BCUT2D eigenvalue weighted by molar-refractivity contribution is 0.416. The molecule has 2 aromatic carbocycles. The van der Waals surface area contributed by atoms with Crippen LogP contribution in [0.5, 0.6) is 5.75 Å². The highest BCUT2D eigenvalue weighted by molar-refractivity contribution is 6.44. The van der Waals surface area contributed by atoms with Gasteiger partial charge in [0.2, 0.25) is 0 Å². The molecular formula is C14H11Cl3O. The van der Waals surface area contributed by atoms with Crippen LogP contribution in [0.25, 0.3) is 11.1 Å². The molecule has 4 heteroatoms. The van der Waals surface area contributed by atoms with Crippen molar-refractivity contribution in [3.05, 3.63) is 51.0 Å². The lowest BCUT2D eigenvalue weighted by Gasteiger charge is -2.12. The Kier molecular flexibility index (Phi) is 4.06. The van der Waals surface area contributed by atoms with E-state index < -0.39 is 0 Å². The highest BCUT2D eigenvalue weighted by atomic mass is 35.5. The number of hydrogen-bond acceptors (Lipinski definition) is 1. The molecule has 0 N–H and O–H groups in total. The summed E-state index contributed by atoms with van der Waals surface area (Å²) in [5, 5.41) is 1.46. The van der Waals surface area contributed by atoms with Crippen molar-refractivity contribution in [1.82, 2.24) is 0 Å². The zero-order valence-electron chi connectivity index (χ0n) is 9.93. The van der Waals surface area contributed by atoms with E-state index in [0.29, 0.717) is 15.1 Å². The van der Waals surface area contributed by atoms with Crippen molar-refractivity contribution >= 4 is 34.8 Å². The largest absolute Gasteiger partial charge is 0.496 e. The first kappa shape index (κ1) is 13.5. The molecule has 0 aliphatic carbocycles. The zero-order chi connectivity index (χ0) is 13.3. The molecule has 0 saturated heterocycles. The van der Waals surface area contributed by atoms with Crippen molar-refractivity contribution in [3.8, 4) is 16.9 Å². The van der Waals surface area contributed by atoms with Crippen LogP contribution in [0.2, 0.25) is 15.1 Å². The second kappa shape index (κ2) is 5.40. The topological polar surface area (TPSA) is 9.23 Å². The first-order valence-electron chi connectivity index (χ1n) is 5.32. The molecule has 18 heavy (non-hydrogen) atoms. The summed E-state index contributed by atoms with van der Waals surface area (Å²) in [6.45, 7) is 2.00. The van der Waals surface area contributed by atoms with E-state index in [1.165, 1.54) is 0 Å². The Hall–Kier alpha value is -0.890. The van der Waals surface area contributed by atoms with Gasteiger partial charge in [0, 0.05) is 11.1 Å². The van der Waals surface area contributed by atoms with Crippen LogP contribution in [0.3, 0.4) is 0 Å². The van der Waals surface area contributed by atoms with Gasteiger partial charge in [0.05, 0.1) is 22.2 Å². The standard InChI is InChI=1S/C14H11Cl3O/c1-8-3-4-9(14(5-8)18-2)10-6-12(16)13(17)7-11(10)15/h3-7H,1-2H3. The van der Waals surface area contributed by atoms with Gasteiger partial charge in [-0.05, 0) is 30.7 Å². The maximum atomic E-state index is 6.21. The average molecular weight is 302 g/mol. The van der Waals surface area contributed by atoms with Crippen molar-refractivity contribution < 1.29 is 4.74 Å². The number of aryl methyl sites for hydroxylation is 1. The van der Waals surface area contributed by atoms with Crippen LogP contribution in [-0.4, -0.2) is 7.11 Å².